The molecule has 1 aliphatic rings. The van der Waals surface area contributed by atoms with E-state index in [1.807, 2.05) is 35.3 Å². The van der Waals surface area contributed by atoms with Gasteiger partial charge in [-0.2, -0.15) is 0 Å². The average molecular weight is 360 g/mol. The summed E-state index contributed by atoms with van der Waals surface area (Å²) in [6, 6.07) is 18.7. The topological polar surface area (TPSA) is 50.2 Å². The molecule has 1 saturated heterocycles. The van der Waals surface area contributed by atoms with E-state index in [0.717, 1.165) is 31.6 Å². The Morgan fingerprint density at radius 3 is 2.41 bits per heavy atom. The highest BCUT2D eigenvalue weighted by molar-refractivity contribution is 5.82. The van der Waals surface area contributed by atoms with E-state index in [1.165, 1.54) is 11.1 Å². The lowest BCUT2D eigenvalue weighted by Gasteiger charge is -2.39. The van der Waals surface area contributed by atoms with Gasteiger partial charge in [-0.25, -0.2) is 4.98 Å². The van der Waals surface area contributed by atoms with Crippen LogP contribution in [0.3, 0.4) is 0 Å². The Labute approximate surface area is 159 Å². The van der Waals surface area contributed by atoms with Crippen molar-refractivity contribution in [1.29, 1.82) is 0 Å². The van der Waals surface area contributed by atoms with Crippen molar-refractivity contribution >= 4 is 5.91 Å². The van der Waals surface area contributed by atoms with E-state index in [4.69, 9.17) is 0 Å². The molecule has 138 valence electrons. The van der Waals surface area contributed by atoms with Crippen molar-refractivity contribution in [3.63, 3.8) is 0 Å². The van der Waals surface area contributed by atoms with Crippen LogP contribution >= 0.6 is 0 Å². The molecular weight excluding hydrogens is 336 g/mol. The Bertz CT molecular complexity index is 859. The zero-order valence-corrected chi connectivity index (χ0v) is 15.3. The number of amides is 1. The fourth-order valence-corrected chi connectivity index (χ4v) is 3.41. The summed E-state index contributed by atoms with van der Waals surface area (Å²) in [4.78, 5) is 18.8. The van der Waals surface area contributed by atoms with E-state index in [2.05, 4.69) is 51.6 Å². The minimum absolute atomic E-state index is 0.00859. The number of carbonyl (C=O) groups excluding carboxylic acids is 1. The molecule has 1 aliphatic heterocycles. The van der Waals surface area contributed by atoms with Gasteiger partial charge in [-0.05, 0) is 23.1 Å². The molecule has 2 aromatic carbocycles. The van der Waals surface area contributed by atoms with Gasteiger partial charge in [-0.1, -0.05) is 54.6 Å². The Kier molecular flexibility index (Phi) is 5.30. The molecule has 0 radical (unpaired) electrons. The number of rotatable bonds is 7. The van der Waals surface area contributed by atoms with Crippen LogP contribution in [0.1, 0.15) is 23.1 Å². The molecule has 0 bridgehead atoms. The molecule has 1 atom stereocenters. The molecule has 0 aliphatic carbocycles. The van der Waals surface area contributed by atoms with E-state index in [9.17, 15) is 4.79 Å². The maximum Gasteiger partial charge on any atom is 0.237 e. The molecule has 1 fully saturated rings. The van der Waals surface area contributed by atoms with E-state index in [1.54, 1.807) is 6.20 Å². The number of imidazole rings is 1. The lowest BCUT2D eigenvalue weighted by Crippen LogP contribution is -2.55. The predicted molar refractivity (Wildman–Crippen MR) is 105 cm³/mol. The summed E-state index contributed by atoms with van der Waals surface area (Å²) in [5, 5.41) is 3.09. The van der Waals surface area contributed by atoms with Gasteiger partial charge in [0.1, 0.15) is 0 Å². The zero-order chi connectivity index (χ0) is 18.5. The molecule has 0 spiro atoms. The quantitative estimate of drug-likeness (QED) is 0.705. The summed E-state index contributed by atoms with van der Waals surface area (Å²) in [5.41, 5.74) is 3.59. The molecule has 3 aromatic rings. The van der Waals surface area contributed by atoms with E-state index in [0.29, 0.717) is 6.54 Å². The van der Waals surface area contributed by atoms with Gasteiger partial charge in [0.2, 0.25) is 5.91 Å². The molecule has 27 heavy (non-hydrogen) atoms. The summed E-state index contributed by atoms with van der Waals surface area (Å²) < 4.78 is 2.04. The first-order valence-corrected chi connectivity index (χ1v) is 9.37. The van der Waals surface area contributed by atoms with Crippen LogP contribution in [0.4, 0.5) is 0 Å². The normalized spacial score (nSPS) is 16.7. The smallest absolute Gasteiger partial charge is 0.237 e. The van der Waals surface area contributed by atoms with E-state index in [-0.39, 0.29) is 11.9 Å². The standard InChI is InChI=1S/C22H24N4O/c27-22(21-10-12-26(21)16-19-4-2-1-3-5-19)24-14-18-6-8-20(9-7-18)15-25-13-11-23-17-25/h1-9,11,13,17,21H,10,12,14-16H2,(H,24,27)/t21-/m1/s1. The van der Waals surface area contributed by atoms with Crippen LogP contribution in [-0.2, 0) is 24.4 Å². The number of aromatic nitrogens is 2. The van der Waals surface area contributed by atoms with E-state index >= 15 is 0 Å². The second-order valence-corrected chi connectivity index (χ2v) is 7.03. The Hall–Kier alpha value is -2.92. The lowest BCUT2D eigenvalue weighted by atomic mass is 10.0. The molecule has 1 amide bonds. The fourth-order valence-electron chi connectivity index (χ4n) is 3.41. The third-order valence-corrected chi connectivity index (χ3v) is 5.08. The van der Waals surface area contributed by atoms with Gasteiger partial charge in [0, 0.05) is 38.6 Å². The van der Waals surface area contributed by atoms with Gasteiger partial charge in [-0.3, -0.25) is 9.69 Å². The van der Waals surface area contributed by atoms with Crippen LogP contribution in [0.15, 0.2) is 73.3 Å². The van der Waals surface area contributed by atoms with Crippen molar-refractivity contribution in [2.24, 2.45) is 0 Å². The van der Waals surface area contributed by atoms with E-state index < -0.39 is 0 Å². The van der Waals surface area contributed by atoms with Gasteiger partial charge in [0.25, 0.3) is 0 Å². The molecular formula is C22H24N4O. The minimum atomic E-state index is -0.00859. The first-order chi connectivity index (χ1) is 13.3. The summed E-state index contributed by atoms with van der Waals surface area (Å²) in [5.74, 6) is 0.125. The number of nitrogens with one attached hydrogen (secondary N) is 1. The van der Waals surface area contributed by atoms with Crippen molar-refractivity contribution in [2.75, 3.05) is 6.54 Å². The predicted octanol–water partition coefficient (Wildman–Crippen LogP) is 2.82. The van der Waals surface area contributed by atoms with Gasteiger partial charge in [0.15, 0.2) is 0 Å². The molecule has 0 saturated carbocycles. The maximum absolute atomic E-state index is 12.5. The minimum Gasteiger partial charge on any atom is -0.351 e. The number of carbonyl (C=O) groups is 1. The molecule has 1 N–H and O–H groups in total. The van der Waals surface area contributed by atoms with Crippen LogP contribution in [0, 0.1) is 0 Å². The number of hydrogen-bond donors (Lipinski definition) is 1. The third-order valence-electron chi connectivity index (χ3n) is 5.08. The van der Waals surface area contributed by atoms with Crippen molar-refractivity contribution < 1.29 is 4.79 Å². The third kappa shape index (κ3) is 4.44. The van der Waals surface area contributed by atoms with Crippen molar-refractivity contribution in [3.8, 4) is 0 Å². The second kappa shape index (κ2) is 8.18. The summed E-state index contributed by atoms with van der Waals surface area (Å²) in [7, 11) is 0. The van der Waals surface area contributed by atoms with Crippen LogP contribution < -0.4 is 5.32 Å². The monoisotopic (exact) mass is 360 g/mol. The molecule has 5 heteroatoms. The number of hydrogen-bond acceptors (Lipinski definition) is 3. The SMILES string of the molecule is O=C(NCc1ccc(Cn2ccnc2)cc1)[C@H]1CCN1Cc1ccccc1. The summed E-state index contributed by atoms with van der Waals surface area (Å²) in [6.07, 6.45) is 6.48. The van der Waals surface area contributed by atoms with Crippen molar-refractivity contribution in [3.05, 3.63) is 90.0 Å². The molecule has 2 heterocycles. The first-order valence-electron chi connectivity index (χ1n) is 9.37. The number of benzene rings is 2. The fraction of sp³-hybridized carbons (Fsp3) is 0.273. The van der Waals surface area contributed by atoms with Gasteiger partial charge in [-0.15, -0.1) is 0 Å². The highest BCUT2D eigenvalue weighted by Crippen LogP contribution is 2.20. The van der Waals surface area contributed by atoms with Gasteiger partial charge in [0.05, 0.1) is 12.4 Å². The maximum atomic E-state index is 12.5. The Morgan fingerprint density at radius 2 is 1.74 bits per heavy atom. The van der Waals surface area contributed by atoms with Crippen LogP contribution in [0.25, 0.3) is 0 Å². The molecule has 0 unspecified atom stereocenters. The number of likely N-dealkylation sites (tertiary alicyclic amines) is 1. The van der Waals surface area contributed by atoms with Gasteiger partial charge >= 0.3 is 0 Å². The van der Waals surface area contributed by atoms with Gasteiger partial charge < -0.3 is 9.88 Å². The highest BCUT2D eigenvalue weighted by Gasteiger charge is 2.33. The van der Waals surface area contributed by atoms with Crippen LogP contribution in [0.5, 0.6) is 0 Å². The van der Waals surface area contributed by atoms with Crippen molar-refractivity contribution in [1.82, 2.24) is 19.8 Å². The summed E-state index contributed by atoms with van der Waals surface area (Å²) in [6.45, 7) is 3.20. The second-order valence-electron chi connectivity index (χ2n) is 7.03. The zero-order valence-electron chi connectivity index (χ0n) is 15.3. The lowest BCUT2D eigenvalue weighted by molar-refractivity contribution is -0.131. The Morgan fingerprint density at radius 1 is 1.00 bits per heavy atom. The van der Waals surface area contributed by atoms with Crippen LogP contribution in [0.2, 0.25) is 0 Å². The molecule has 1 aromatic heterocycles. The molecule has 5 nitrogen and oxygen atoms in total. The highest BCUT2D eigenvalue weighted by atomic mass is 16.2. The number of nitrogens with zero attached hydrogens (tertiary/aromatic N) is 3. The summed E-state index contributed by atoms with van der Waals surface area (Å²) >= 11 is 0. The largest absolute Gasteiger partial charge is 0.351 e. The Balaban J connectivity index is 1.26. The van der Waals surface area contributed by atoms with Crippen molar-refractivity contribution in [2.45, 2.75) is 32.1 Å². The molecule has 4 rings (SSSR count). The average Bonchev–Trinajstić information content (AvgIpc) is 3.19. The first kappa shape index (κ1) is 17.5. The van der Waals surface area contributed by atoms with Crippen LogP contribution in [-0.4, -0.2) is 32.9 Å².